The number of hydrogen-bond acceptors (Lipinski definition) is 10. The maximum absolute atomic E-state index is 13.0. The second-order valence-corrected chi connectivity index (χ2v) is 14.5. The topological polar surface area (TPSA) is 121 Å². The van der Waals surface area contributed by atoms with Crippen molar-refractivity contribution in [2.45, 2.75) is 27.7 Å². The quantitative estimate of drug-likeness (QED) is 0.230. The van der Waals surface area contributed by atoms with Crippen LogP contribution in [0.1, 0.15) is 11.1 Å². The Morgan fingerprint density at radius 2 is 0.968 bits per heavy atom. The fraction of sp³-hybridized carbons (Fsp3) is 0.263. The fourth-order valence-corrected chi connectivity index (χ4v) is 11.3. The molecule has 2 aromatic carbocycles. The second-order valence-electron chi connectivity index (χ2n) is 6.30. The Morgan fingerprint density at radius 3 is 1.23 bits per heavy atom. The highest BCUT2D eigenvalue weighted by atomic mass is 33.2. The molecule has 31 heavy (non-hydrogen) atoms. The van der Waals surface area contributed by atoms with Gasteiger partial charge in [0.1, 0.15) is 0 Å². The van der Waals surface area contributed by atoms with Crippen LogP contribution in [0.2, 0.25) is 0 Å². The van der Waals surface area contributed by atoms with Crippen molar-refractivity contribution in [3.8, 4) is 0 Å². The normalized spacial score (nSPS) is 12.3. The zero-order chi connectivity index (χ0) is 23.4. The zero-order valence-corrected chi connectivity index (χ0v) is 20.3. The first-order valence-electron chi connectivity index (χ1n) is 8.59. The molecular weight excluding hydrogens is 484 g/mol. The predicted molar refractivity (Wildman–Crippen MR) is 119 cm³/mol. The van der Waals surface area contributed by atoms with E-state index in [0.717, 1.165) is 25.3 Å². The Hall–Kier alpha value is -2.02. The number of carbonyl (C=O) groups is 2. The SMILES string of the molecule is COC(=O)C(SS(=O)(=O)c1ccc(C)cc1)(SS(=O)(=O)c1ccc(C)cc1)C(=O)OC. The Bertz CT molecular complexity index is 1070. The fourth-order valence-electron chi connectivity index (χ4n) is 2.32. The molecule has 0 saturated carbocycles. The Morgan fingerprint density at radius 1 is 0.677 bits per heavy atom. The molecule has 0 fully saturated rings. The summed E-state index contributed by atoms with van der Waals surface area (Å²) >= 11 is 0. The summed E-state index contributed by atoms with van der Waals surface area (Å²) in [7, 11) is -7.22. The van der Waals surface area contributed by atoms with Gasteiger partial charge in [-0.05, 0) is 38.1 Å². The largest absolute Gasteiger partial charge is 0.467 e. The van der Waals surface area contributed by atoms with Crippen molar-refractivity contribution in [2.24, 2.45) is 0 Å². The Labute approximate surface area is 188 Å². The molecule has 8 nitrogen and oxygen atoms in total. The number of esters is 2. The summed E-state index contributed by atoms with van der Waals surface area (Å²) < 4.78 is 58.5. The summed E-state index contributed by atoms with van der Waals surface area (Å²) in [5.41, 5.74) is 1.57. The third-order valence-corrected chi connectivity index (χ3v) is 12.4. The van der Waals surface area contributed by atoms with Crippen molar-refractivity contribution < 1.29 is 35.9 Å². The number of ether oxygens (including phenoxy) is 2. The first kappa shape index (κ1) is 25.2. The van der Waals surface area contributed by atoms with Crippen LogP contribution in [0.5, 0.6) is 0 Å². The van der Waals surface area contributed by atoms with Crippen molar-refractivity contribution in [3.05, 3.63) is 59.7 Å². The van der Waals surface area contributed by atoms with Crippen molar-refractivity contribution in [1.29, 1.82) is 0 Å². The molecule has 2 aromatic rings. The van der Waals surface area contributed by atoms with Crippen LogP contribution in [0.15, 0.2) is 58.3 Å². The van der Waals surface area contributed by atoms with Gasteiger partial charge in [0, 0.05) is 21.6 Å². The van der Waals surface area contributed by atoms with E-state index < -0.39 is 33.8 Å². The van der Waals surface area contributed by atoms with Crippen LogP contribution in [-0.4, -0.2) is 47.1 Å². The minimum absolute atomic E-state index is 0.150. The monoisotopic (exact) mass is 504 g/mol. The number of hydrogen-bond donors (Lipinski definition) is 0. The van der Waals surface area contributed by atoms with E-state index in [4.69, 9.17) is 0 Å². The van der Waals surface area contributed by atoms with E-state index in [1.54, 1.807) is 13.8 Å². The standard InChI is InChI=1S/C19H20O8S4/c1-13-5-9-15(10-6-13)30(22,23)28-19(17(20)26-3,18(21)27-4)29-31(24,25)16-11-7-14(2)8-12-16/h5-12H,1-4H3. The molecule has 0 aliphatic heterocycles. The van der Waals surface area contributed by atoms with Gasteiger partial charge in [-0.3, -0.25) is 0 Å². The van der Waals surface area contributed by atoms with Crippen LogP contribution in [-0.2, 0) is 36.8 Å². The maximum Gasteiger partial charge on any atom is 0.346 e. The van der Waals surface area contributed by atoms with Gasteiger partial charge in [-0.15, -0.1) is 0 Å². The van der Waals surface area contributed by atoms with Crippen molar-refractivity contribution in [1.82, 2.24) is 0 Å². The summed E-state index contributed by atoms with van der Waals surface area (Å²) in [6, 6.07) is 11.3. The van der Waals surface area contributed by atoms with Gasteiger partial charge in [0.05, 0.1) is 24.0 Å². The van der Waals surface area contributed by atoms with Gasteiger partial charge in [0.2, 0.25) is 17.7 Å². The van der Waals surface area contributed by atoms with Gasteiger partial charge in [0.25, 0.3) is 4.08 Å². The van der Waals surface area contributed by atoms with E-state index in [1.165, 1.54) is 48.5 Å². The first-order chi connectivity index (χ1) is 14.4. The molecule has 0 bridgehead atoms. The molecule has 0 spiro atoms. The van der Waals surface area contributed by atoms with Gasteiger partial charge >= 0.3 is 11.9 Å². The summed E-state index contributed by atoms with van der Waals surface area (Å²) in [5, 5.41) is 0. The van der Waals surface area contributed by atoms with E-state index in [0.29, 0.717) is 0 Å². The molecule has 12 heteroatoms. The molecule has 0 saturated heterocycles. The molecule has 0 aliphatic rings. The number of carbonyl (C=O) groups excluding carboxylic acids is 2. The molecule has 0 amide bonds. The third-order valence-electron chi connectivity index (χ3n) is 3.98. The lowest BCUT2D eigenvalue weighted by atomic mass is 10.2. The van der Waals surface area contributed by atoms with E-state index in [2.05, 4.69) is 9.47 Å². The molecule has 0 aromatic heterocycles. The average Bonchev–Trinajstić information content (AvgIpc) is 2.72. The van der Waals surface area contributed by atoms with E-state index >= 15 is 0 Å². The number of rotatable bonds is 8. The second kappa shape index (κ2) is 9.63. The lowest BCUT2D eigenvalue weighted by molar-refractivity contribution is -0.151. The molecular formula is C19H20O8S4. The van der Waals surface area contributed by atoms with Gasteiger partial charge in [-0.2, -0.15) is 0 Å². The summed E-state index contributed by atoms with van der Waals surface area (Å²) in [6.07, 6.45) is 0. The van der Waals surface area contributed by atoms with Crippen LogP contribution >= 0.6 is 21.6 Å². The van der Waals surface area contributed by atoms with Crippen molar-refractivity contribution in [3.63, 3.8) is 0 Å². The highest BCUT2D eigenvalue weighted by molar-refractivity contribution is 8.82. The van der Waals surface area contributed by atoms with Crippen LogP contribution in [0.3, 0.4) is 0 Å². The Kier molecular flexibility index (Phi) is 7.84. The van der Waals surface area contributed by atoms with Crippen LogP contribution < -0.4 is 0 Å². The molecule has 0 aliphatic carbocycles. The molecule has 0 radical (unpaired) electrons. The smallest absolute Gasteiger partial charge is 0.346 e. The number of aryl methyl sites for hydroxylation is 2. The summed E-state index contributed by atoms with van der Waals surface area (Å²) in [5.74, 6) is -2.78. The summed E-state index contributed by atoms with van der Waals surface area (Å²) in [6.45, 7) is 3.50. The van der Waals surface area contributed by atoms with Crippen LogP contribution in [0, 0.1) is 13.8 Å². The number of benzene rings is 2. The van der Waals surface area contributed by atoms with Crippen LogP contribution in [0.25, 0.3) is 0 Å². The van der Waals surface area contributed by atoms with E-state index in [-0.39, 0.29) is 31.4 Å². The molecule has 0 unspecified atom stereocenters. The van der Waals surface area contributed by atoms with E-state index in [1.807, 2.05) is 0 Å². The van der Waals surface area contributed by atoms with Gasteiger partial charge < -0.3 is 9.47 Å². The average molecular weight is 505 g/mol. The van der Waals surface area contributed by atoms with E-state index in [9.17, 15) is 26.4 Å². The first-order valence-corrected chi connectivity index (χ1v) is 14.2. The van der Waals surface area contributed by atoms with Gasteiger partial charge in [-0.1, -0.05) is 35.4 Å². The van der Waals surface area contributed by atoms with Gasteiger partial charge in [-0.25, -0.2) is 26.4 Å². The number of methoxy groups -OCH3 is 2. The minimum atomic E-state index is -4.38. The zero-order valence-electron chi connectivity index (χ0n) is 17.0. The van der Waals surface area contributed by atoms with Crippen molar-refractivity contribution in [2.75, 3.05) is 14.2 Å². The highest BCUT2D eigenvalue weighted by Crippen LogP contribution is 2.49. The molecule has 0 N–H and O–H groups in total. The maximum atomic E-state index is 13.0. The summed E-state index contributed by atoms with van der Waals surface area (Å²) in [4.78, 5) is 24.9. The predicted octanol–water partition coefficient (Wildman–Crippen LogP) is 2.89. The van der Waals surface area contributed by atoms with Crippen LogP contribution in [0.4, 0.5) is 0 Å². The molecule has 0 heterocycles. The minimum Gasteiger partial charge on any atom is -0.467 e. The molecule has 168 valence electrons. The molecule has 0 atom stereocenters. The lowest BCUT2D eigenvalue weighted by Crippen LogP contribution is -2.44. The third kappa shape index (κ3) is 5.62. The highest BCUT2D eigenvalue weighted by Gasteiger charge is 2.57. The van der Waals surface area contributed by atoms with Gasteiger partial charge in [0.15, 0.2) is 0 Å². The Balaban J connectivity index is 2.63. The lowest BCUT2D eigenvalue weighted by Gasteiger charge is -2.25. The van der Waals surface area contributed by atoms with Crippen molar-refractivity contribution >= 4 is 51.3 Å². The molecule has 2 rings (SSSR count).